The molecule has 0 aromatic heterocycles. The molecule has 5 rings (SSSR count). The van der Waals surface area contributed by atoms with E-state index in [1.807, 2.05) is 18.2 Å². The molecule has 0 aliphatic carbocycles. The summed E-state index contributed by atoms with van der Waals surface area (Å²) in [5.41, 5.74) is 1.71. The molecule has 2 heterocycles. The van der Waals surface area contributed by atoms with Crippen LogP contribution in [0, 0.1) is 0 Å². The molecule has 8 nitrogen and oxygen atoms in total. The summed E-state index contributed by atoms with van der Waals surface area (Å²) >= 11 is 0.822. The number of thioether (sulfide) groups is 1. The number of carbonyl (C=O) groups excluding carboxylic acids is 3. The van der Waals surface area contributed by atoms with Crippen molar-refractivity contribution < 1.29 is 28.6 Å². The molecule has 0 N–H and O–H groups in total. The van der Waals surface area contributed by atoms with Crippen LogP contribution in [0.1, 0.15) is 11.1 Å². The van der Waals surface area contributed by atoms with Gasteiger partial charge in [0.25, 0.3) is 11.1 Å². The van der Waals surface area contributed by atoms with Crippen molar-refractivity contribution in [3.63, 3.8) is 0 Å². The Hall–Kier alpha value is -3.82. The third-order valence-corrected chi connectivity index (χ3v) is 7.13. The topological polar surface area (TPSA) is 85.4 Å². The fourth-order valence-corrected chi connectivity index (χ4v) is 5.06. The molecular weight excluding hydrogens is 492 g/mol. The molecule has 2 aliphatic rings. The zero-order valence-corrected chi connectivity index (χ0v) is 21.2. The van der Waals surface area contributed by atoms with Gasteiger partial charge < -0.3 is 19.1 Å². The van der Waals surface area contributed by atoms with Gasteiger partial charge >= 0.3 is 0 Å². The number of ether oxygens (including phenoxy) is 3. The number of hydrogen-bond acceptors (Lipinski definition) is 7. The Kier molecular flexibility index (Phi) is 7.43. The molecule has 9 heteroatoms. The third-order valence-electron chi connectivity index (χ3n) is 6.22. The first-order valence-corrected chi connectivity index (χ1v) is 12.7. The van der Waals surface area contributed by atoms with Crippen LogP contribution < -0.4 is 9.47 Å². The molecule has 0 atom stereocenters. The van der Waals surface area contributed by atoms with Gasteiger partial charge in [-0.05, 0) is 57.9 Å². The van der Waals surface area contributed by atoms with Crippen LogP contribution >= 0.6 is 11.8 Å². The Morgan fingerprint density at radius 3 is 2.57 bits per heavy atom. The largest absolute Gasteiger partial charge is 0.493 e. The predicted molar refractivity (Wildman–Crippen MR) is 141 cm³/mol. The maximum atomic E-state index is 12.9. The van der Waals surface area contributed by atoms with E-state index in [1.54, 1.807) is 36.3 Å². The van der Waals surface area contributed by atoms with Gasteiger partial charge in [-0.25, -0.2) is 0 Å². The zero-order valence-electron chi connectivity index (χ0n) is 20.3. The Bertz CT molecular complexity index is 1380. The SMILES string of the molecule is COc1cc(/C=C2/SC(=O)N(CC(=O)N3CCOCC3)C2=O)ccc1OCc1ccc2ccccc2c1. The van der Waals surface area contributed by atoms with E-state index in [4.69, 9.17) is 14.2 Å². The van der Waals surface area contributed by atoms with Gasteiger partial charge in [0.1, 0.15) is 13.2 Å². The average Bonchev–Trinajstić information content (AvgIpc) is 3.19. The second kappa shape index (κ2) is 11.1. The smallest absolute Gasteiger partial charge is 0.294 e. The highest BCUT2D eigenvalue weighted by Crippen LogP contribution is 2.35. The van der Waals surface area contributed by atoms with Crippen molar-refractivity contribution in [1.29, 1.82) is 0 Å². The van der Waals surface area contributed by atoms with Gasteiger partial charge in [0, 0.05) is 13.1 Å². The number of nitrogens with zero attached hydrogens (tertiary/aromatic N) is 2. The number of benzene rings is 3. The van der Waals surface area contributed by atoms with E-state index in [1.165, 1.54) is 5.39 Å². The molecule has 3 aromatic rings. The van der Waals surface area contributed by atoms with Crippen LogP contribution in [-0.4, -0.2) is 66.8 Å². The van der Waals surface area contributed by atoms with E-state index in [0.29, 0.717) is 50.0 Å². The molecule has 3 amide bonds. The molecule has 190 valence electrons. The van der Waals surface area contributed by atoms with Gasteiger partial charge in [0.05, 0.1) is 25.2 Å². The first kappa shape index (κ1) is 24.9. The molecule has 0 unspecified atom stereocenters. The lowest BCUT2D eigenvalue weighted by Gasteiger charge is -2.28. The minimum absolute atomic E-state index is 0.256. The minimum atomic E-state index is -0.479. The highest BCUT2D eigenvalue weighted by molar-refractivity contribution is 8.18. The summed E-state index contributed by atoms with van der Waals surface area (Å²) in [6.45, 7) is 1.93. The van der Waals surface area contributed by atoms with E-state index < -0.39 is 11.1 Å². The van der Waals surface area contributed by atoms with Crippen LogP contribution in [0.5, 0.6) is 11.5 Å². The maximum absolute atomic E-state index is 12.9. The molecule has 3 aromatic carbocycles. The standard InChI is InChI=1S/C28H26N2O6S/c1-34-24-15-19(7-9-23(24)36-18-20-6-8-21-4-2-3-5-22(21)14-20)16-25-27(32)30(28(33)37-25)17-26(31)29-10-12-35-13-11-29/h2-9,14-16H,10-13,17-18H2,1H3/b25-16+. The van der Waals surface area contributed by atoms with Crippen LogP contribution in [0.25, 0.3) is 16.8 Å². The molecule has 0 bridgehead atoms. The number of rotatable bonds is 7. The summed E-state index contributed by atoms with van der Waals surface area (Å²) in [6, 6.07) is 19.7. The summed E-state index contributed by atoms with van der Waals surface area (Å²) < 4.78 is 16.8. The highest BCUT2D eigenvalue weighted by atomic mass is 32.2. The van der Waals surface area contributed by atoms with Crippen LogP contribution in [0.15, 0.2) is 65.6 Å². The fraction of sp³-hybridized carbons (Fsp3) is 0.250. The molecule has 2 fully saturated rings. The Morgan fingerprint density at radius 1 is 1.00 bits per heavy atom. The second-order valence-corrected chi connectivity index (χ2v) is 9.63. The van der Waals surface area contributed by atoms with Crippen molar-refractivity contribution in [3.8, 4) is 11.5 Å². The lowest BCUT2D eigenvalue weighted by molar-refractivity contribution is -0.139. The van der Waals surface area contributed by atoms with E-state index >= 15 is 0 Å². The molecular formula is C28H26N2O6S. The van der Waals surface area contributed by atoms with Gasteiger partial charge in [0.2, 0.25) is 5.91 Å². The predicted octanol–water partition coefficient (Wildman–Crippen LogP) is 4.32. The molecule has 37 heavy (non-hydrogen) atoms. The van der Waals surface area contributed by atoms with E-state index in [2.05, 4.69) is 24.3 Å². The van der Waals surface area contributed by atoms with Crippen LogP contribution in [0.2, 0.25) is 0 Å². The Morgan fingerprint density at radius 2 is 1.78 bits per heavy atom. The van der Waals surface area contributed by atoms with Gasteiger partial charge in [-0.1, -0.05) is 42.5 Å². The number of morpholine rings is 1. The molecule has 0 radical (unpaired) electrons. The minimum Gasteiger partial charge on any atom is -0.493 e. The van der Waals surface area contributed by atoms with Crippen molar-refractivity contribution in [2.75, 3.05) is 40.0 Å². The highest BCUT2D eigenvalue weighted by Gasteiger charge is 2.37. The fourth-order valence-electron chi connectivity index (χ4n) is 4.22. The maximum Gasteiger partial charge on any atom is 0.294 e. The summed E-state index contributed by atoms with van der Waals surface area (Å²) in [4.78, 5) is 40.7. The monoisotopic (exact) mass is 518 g/mol. The number of methoxy groups -OCH3 is 1. The van der Waals surface area contributed by atoms with Crippen molar-refractivity contribution >= 4 is 45.7 Å². The van der Waals surface area contributed by atoms with E-state index in [9.17, 15) is 14.4 Å². The number of hydrogen-bond donors (Lipinski definition) is 0. The average molecular weight is 519 g/mol. The van der Waals surface area contributed by atoms with Crippen molar-refractivity contribution in [3.05, 3.63) is 76.7 Å². The zero-order chi connectivity index (χ0) is 25.8. The summed E-state index contributed by atoms with van der Waals surface area (Å²) in [5, 5.41) is 1.86. The van der Waals surface area contributed by atoms with Crippen molar-refractivity contribution in [2.45, 2.75) is 6.61 Å². The summed E-state index contributed by atoms with van der Waals surface area (Å²) in [6.07, 6.45) is 1.62. The van der Waals surface area contributed by atoms with Gasteiger partial charge in [-0.3, -0.25) is 19.3 Å². The van der Waals surface area contributed by atoms with Crippen molar-refractivity contribution in [1.82, 2.24) is 9.80 Å². The lowest BCUT2D eigenvalue weighted by Crippen LogP contribution is -2.46. The number of imide groups is 1. The Balaban J connectivity index is 1.26. The molecule has 2 aliphatic heterocycles. The third kappa shape index (κ3) is 5.63. The summed E-state index contributed by atoms with van der Waals surface area (Å²) in [5.74, 6) is 0.335. The van der Waals surface area contributed by atoms with Gasteiger partial charge in [-0.15, -0.1) is 0 Å². The molecule has 2 saturated heterocycles. The van der Waals surface area contributed by atoms with Gasteiger partial charge in [0.15, 0.2) is 11.5 Å². The summed E-state index contributed by atoms with van der Waals surface area (Å²) in [7, 11) is 1.55. The van der Waals surface area contributed by atoms with Crippen LogP contribution in [0.3, 0.4) is 0 Å². The van der Waals surface area contributed by atoms with Crippen LogP contribution in [0.4, 0.5) is 4.79 Å². The lowest BCUT2D eigenvalue weighted by atomic mass is 10.1. The second-order valence-electron chi connectivity index (χ2n) is 8.64. The van der Waals surface area contributed by atoms with E-state index in [0.717, 1.165) is 27.6 Å². The van der Waals surface area contributed by atoms with Crippen molar-refractivity contribution in [2.24, 2.45) is 0 Å². The van der Waals surface area contributed by atoms with Gasteiger partial charge in [-0.2, -0.15) is 0 Å². The molecule has 0 saturated carbocycles. The quantitative estimate of drug-likeness (QED) is 0.431. The number of carbonyl (C=O) groups is 3. The number of fused-ring (bicyclic) bond motifs is 1. The first-order valence-electron chi connectivity index (χ1n) is 11.9. The van der Waals surface area contributed by atoms with E-state index in [-0.39, 0.29) is 17.4 Å². The normalized spacial score (nSPS) is 17.1. The Labute approximate surface area is 218 Å². The number of amides is 3. The first-order chi connectivity index (χ1) is 18.0. The molecule has 0 spiro atoms. The van der Waals surface area contributed by atoms with Crippen LogP contribution in [-0.2, 0) is 20.9 Å².